The molecule has 0 spiro atoms. The Kier molecular flexibility index (Phi) is 3.61. The van der Waals surface area contributed by atoms with Crippen molar-refractivity contribution in [1.29, 1.82) is 0 Å². The van der Waals surface area contributed by atoms with Crippen LogP contribution in [0.25, 0.3) is 0 Å². The van der Waals surface area contributed by atoms with Crippen LogP contribution in [0.5, 0.6) is 0 Å². The van der Waals surface area contributed by atoms with Gasteiger partial charge in [-0.2, -0.15) is 0 Å². The first kappa shape index (κ1) is 11.6. The highest BCUT2D eigenvalue weighted by atomic mass is 32.1. The lowest BCUT2D eigenvalue weighted by Crippen LogP contribution is -2.37. The lowest BCUT2D eigenvalue weighted by atomic mass is 10.3. The Hall–Kier alpha value is -0.870. The molecule has 1 fully saturated rings. The highest BCUT2D eigenvalue weighted by Gasteiger charge is 2.30. The van der Waals surface area contributed by atoms with Crippen molar-refractivity contribution in [1.82, 2.24) is 9.80 Å². The molecule has 0 aliphatic heterocycles. The number of hydrogen-bond donors (Lipinski definition) is 0. The maximum atomic E-state index is 11.7. The predicted molar refractivity (Wildman–Crippen MR) is 66.4 cm³/mol. The van der Waals surface area contributed by atoms with E-state index >= 15 is 0 Å². The summed E-state index contributed by atoms with van der Waals surface area (Å²) in [5.74, 6) is 0.198. The monoisotopic (exact) mass is 238 g/mol. The zero-order chi connectivity index (χ0) is 11.5. The Bertz CT molecular complexity index is 344. The van der Waals surface area contributed by atoms with Crippen LogP contribution >= 0.6 is 11.3 Å². The molecule has 0 saturated heterocycles. The van der Waals surface area contributed by atoms with Gasteiger partial charge in [-0.05, 0) is 24.3 Å². The second-order valence-electron chi connectivity index (χ2n) is 4.50. The van der Waals surface area contributed by atoms with Crippen molar-refractivity contribution in [2.24, 2.45) is 0 Å². The number of likely N-dealkylation sites (N-methyl/N-ethyl adjacent to an activating group) is 1. The van der Waals surface area contributed by atoms with Crippen molar-refractivity contribution in [3.8, 4) is 0 Å². The van der Waals surface area contributed by atoms with Gasteiger partial charge in [0.1, 0.15) is 0 Å². The van der Waals surface area contributed by atoms with Gasteiger partial charge in [0.15, 0.2) is 0 Å². The van der Waals surface area contributed by atoms with Gasteiger partial charge in [0.2, 0.25) is 5.91 Å². The lowest BCUT2D eigenvalue weighted by molar-refractivity contribution is -0.130. The van der Waals surface area contributed by atoms with Crippen molar-refractivity contribution in [2.45, 2.75) is 25.4 Å². The third-order valence-corrected chi connectivity index (χ3v) is 3.70. The normalized spacial score (nSPS) is 15.4. The van der Waals surface area contributed by atoms with Crippen molar-refractivity contribution in [2.75, 3.05) is 20.6 Å². The molecule has 0 radical (unpaired) electrons. The van der Waals surface area contributed by atoms with Crippen LogP contribution in [-0.2, 0) is 11.3 Å². The summed E-state index contributed by atoms with van der Waals surface area (Å²) in [6.07, 6.45) is 2.48. The summed E-state index contributed by atoms with van der Waals surface area (Å²) in [5.41, 5.74) is 0. The molecule has 2 rings (SSSR count). The quantitative estimate of drug-likeness (QED) is 0.781. The molecule has 1 aromatic rings. The minimum atomic E-state index is 0.198. The van der Waals surface area contributed by atoms with E-state index in [1.54, 1.807) is 16.2 Å². The van der Waals surface area contributed by atoms with Gasteiger partial charge in [0, 0.05) is 31.6 Å². The summed E-state index contributed by atoms with van der Waals surface area (Å²) in [5, 5.41) is 2.09. The molecule has 88 valence electrons. The zero-order valence-corrected chi connectivity index (χ0v) is 10.7. The van der Waals surface area contributed by atoms with E-state index in [0.717, 1.165) is 6.54 Å². The fraction of sp³-hybridized carbons (Fsp3) is 0.583. The summed E-state index contributed by atoms with van der Waals surface area (Å²) >= 11 is 1.77. The molecule has 1 aliphatic rings. The van der Waals surface area contributed by atoms with Crippen LogP contribution in [0.15, 0.2) is 17.5 Å². The molecule has 0 unspecified atom stereocenters. The largest absolute Gasteiger partial charge is 0.348 e. The topological polar surface area (TPSA) is 23.6 Å². The number of rotatable bonds is 5. The average molecular weight is 238 g/mol. The molecule has 16 heavy (non-hydrogen) atoms. The molecule has 3 nitrogen and oxygen atoms in total. The first-order chi connectivity index (χ1) is 7.66. The number of carbonyl (C=O) groups excluding carboxylic acids is 1. The molecule has 1 aromatic heterocycles. The van der Waals surface area contributed by atoms with E-state index in [1.165, 1.54) is 17.7 Å². The molecule has 0 aromatic carbocycles. The first-order valence-electron chi connectivity index (χ1n) is 5.63. The number of thiophene rings is 1. The van der Waals surface area contributed by atoms with Gasteiger partial charge in [-0.1, -0.05) is 6.07 Å². The number of hydrogen-bond acceptors (Lipinski definition) is 3. The molecule has 0 N–H and O–H groups in total. The van der Waals surface area contributed by atoms with Crippen LogP contribution in [-0.4, -0.2) is 42.4 Å². The van der Waals surface area contributed by atoms with Crippen molar-refractivity contribution in [3.05, 3.63) is 22.4 Å². The Balaban J connectivity index is 1.92. The van der Waals surface area contributed by atoms with Gasteiger partial charge < -0.3 is 4.90 Å². The van der Waals surface area contributed by atoms with Gasteiger partial charge in [-0.15, -0.1) is 11.3 Å². The van der Waals surface area contributed by atoms with Crippen LogP contribution in [0.4, 0.5) is 0 Å². The number of amides is 1. The minimum Gasteiger partial charge on any atom is -0.348 e. The number of carbonyl (C=O) groups is 1. The highest BCUT2D eigenvalue weighted by molar-refractivity contribution is 7.09. The van der Waals surface area contributed by atoms with Crippen LogP contribution in [0.3, 0.4) is 0 Å². The summed E-state index contributed by atoms with van der Waals surface area (Å²) in [6, 6.07) is 4.84. The minimum absolute atomic E-state index is 0.198. The van der Waals surface area contributed by atoms with Gasteiger partial charge in [0.25, 0.3) is 0 Å². The fourth-order valence-electron chi connectivity index (χ4n) is 1.67. The molecule has 0 bridgehead atoms. The van der Waals surface area contributed by atoms with E-state index < -0.39 is 0 Å². The summed E-state index contributed by atoms with van der Waals surface area (Å²) in [6.45, 7) is 1.47. The molecule has 4 heteroatoms. The van der Waals surface area contributed by atoms with Crippen LogP contribution in [0.1, 0.15) is 17.7 Å². The Morgan fingerprint density at radius 3 is 2.75 bits per heavy atom. The van der Waals surface area contributed by atoms with E-state index in [4.69, 9.17) is 0 Å². The van der Waals surface area contributed by atoms with Gasteiger partial charge in [-0.3, -0.25) is 9.69 Å². The maximum Gasteiger partial charge on any atom is 0.236 e. The van der Waals surface area contributed by atoms with E-state index in [1.807, 2.05) is 14.1 Å². The molecular weight excluding hydrogens is 220 g/mol. The fourth-order valence-corrected chi connectivity index (χ4v) is 2.40. The molecule has 1 aliphatic carbocycles. The van der Waals surface area contributed by atoms with Gasteiger partial charge in [0.05, 0.1) is 6.54 Å². The molecule has 1 saturated carbocycles. The van der Waals surface area contributed by atoms with E-state index in [2.05, 4.69) is 22.4 Å². The Morgan fingerprint density at radius 2 is 2.25 bits per heavy atom. The Morgan fingerprint density at radius 1 is 1.50 bits per heavy atom. The second-order valence-corrected chi connectivity index (χ2v) is 5.54. The Labute approximate surface area is 101 Å². The first-order valence-corrected chi connectivity index (χ1v) is 6.51. The van der Waals surface area contributed by atoms with E-state index in [-0.39, 0.29) is 5.91 Å². The van der Waals surface area contributed by atoms with E-state index in [9.17, 15) is 4.79 Å². The summed E-state index contributed by atoms with van der Waals surface area (Å²) in [7, 11) is 3.64. The third-order valence-electron chi connectivity index (χ3n) is 2.84. The zero-order valence-electron chi connectivity index (χ0n) is 9.85. The van der Waals surface area contributed by atoms with Crippen molar-refractivity contribution >= 4 is 17.2 Å². The summed E-state index contributed by atoms with van der Waals surface area (Å²) < 4.78 is 0. The SMILES string of the molecule is CN(C)C(=O)CN(Cc1cccs1)C1CC1. The van der Waals surface area contributed by atoms with Gasteiger partial charge in [-0.25, -0.2) is 0 Å². The molecular formula is C12H18N2OS. The molecule has 1 heterocycles. The van der Waals surface area contributed by atoms with Crippen LogP contribution < -0.4 is 0 Å². The van der Waals surface area contributed by atoms with E-state index in [0.29, 0.717) is 12.6 Å². The van der Waals surface area contributed by atoms with Crippen LogP contribution in [0, 0.1) is 0 Å². The summed E-state index contributed by atoms with van der Waals surface area (Å²) in [4.78, 5) is 17.0. The van der Waals surface area contributed by atoms with Crippen molar-refractivity contribution < 1.29 is 4.79 Å². The number of nitrogens with zero attached hydrogens (tertiary/aromatic N) is 2. The van der Waals surface area contributed by atoms with Crippen LogP contribution in [0.2, 0.25) is 0 Å². The van der Waals surface area contributed by atoms with Gasteiger partial charge >= 0.3 is 0 Å². The molecule has 0 atom stereocenters. The predicted octanol–water partition coefficient (Wildman–Crippen LogP) is 1.80. The highest BCUT2D eigenvalue weighted by Crippen LogP contribution is 2.28. The average Bonchev–Trinajstić information content (AvgIpc) is 2.97. The second kappa shape index (κ2) is 4.97. The molecule has 1 amide bonds. The third kappa shape index (κ3) is 3.06. The maximum absolute atomic E-state index is 11.7. The lowest BCUT2D eigenvalue weighted by Gasteiger charge is -2.22. The standard InChI is InChI=1S/C12H18N2OS/c1-13(2)12(15)9-14(10-5-6-10)8-11-4-3-7-16-11/h3-4,7,10H,5-6,8-9H2,1-2H3. The smallest absolute Gasteiger partial charge is 0.236 e. The van der Waals surface area contributed by atoms with Crippen molar-refractivity contribution in [3.63, 3.8) is 0 Å².